The number of carboxylic acids is 1. The number of halogens is 3. The van der Waals surface area contributed by atoms with Gasteiger partial charge in [-0.2, -0.15) is 13.2 Å². The van der Waals surface area contributed by atoms with E-state index in [9.17, 15) is 13.2 Å². The van der Waals surface area contributed by atoms with Gasteiger partial charge in [-0.3, -0.25) is 0 Å². The molecule has 0 rings (SSSR count). The zero-order valence-electron chi connectivity index (χ0n) is 2.99. The first-order valence-electron chi connectivity index (χ1n) is 1.24. The van der Waals surface area contributed by atoms with Crippen LogP contribution in [0.3, 0.4) is 0 Å². The van der Waals surface area contributed by atoms with Crippen molar-refractivity contribution < 1.29 is 23.1 Å². The molecule has 0 bridgehead atoms. The molecule has 0 fully saturated rings. The van der Waals surface area contributed by atoms with E-state index < -0.39 is 12.1 Å². The second-order valence-electron chi connectivity index (χ2n) is 0.803. The van der Waals surface area contributed by atoms with Crippen molar-refractivity contribution in [3.63, 3.8) is 0 Å². The fraction of sp³-hybridized carbons (Fsp3) is 0.500. The molecule has 0 aliphatic rings. The molecule has 0 saturated heterocycles. The van der Waals surface area contributed by atoms with Crippen molar-refractivity contribution in [2.75, 3.05) is 0 Å². The molecule has 0 aromatic rings. The summed E-state index contributed by atoms with van der Waals surface area (Å²) < 4.78 is 31.7. The molecule has 2 nitrogen and oxygen atoms in total. The van der Waals surface area contributed by atoms with Gasteiger partial charge < -0.3 is 5.11 Å². The molecule has 0 spiro atoms. The van der Waals surface area contributed by atoms with Gasteiger partial charge in [0.25, 0.3) is 0 Å². The number of aliphatic carboxylic acids is 1. The minimum absolute atomic E-state index is 0. The van der Waals surface area contributed by atoms with E-state index in [1.807, 2.05) is 0 Å². The average molecular weight is 248 g/mol. The summed E-state index contributed by atoms with van der Waals surface area (Å²) in [5.74, 6) is -2.76. The van der Waals surface area contributed by atoms with E-state index in [0.29, 0.717) is 0 Å². The minimum atomic E-state index is -5.08. The molecule has 0 aliphatic carbocycles. The summed E-state index contributed by atoms with van der Waals surface area (Å²) in [7, 11) is 0. The number of carbonyl (C=O) groups is 1. The molecular weight excluding hydrogens is 246 g/mol. The summed E-state index contributed by atoms with van der Waals surface area (Å²) in [5.41, 5.74) is 0. The van der Waals surface area contributed by atoms with Crippen LogP contribution in [0.4, 0.5) is 13.2 Å². The SMILES string of the molecule is O=C(O)C(F)(F)F.[CsH]. The first-order valence-corrected chi connectivity index (χ1v) is 1.24. The molecule has 6 heteroatoms. The molecule has 0 aliphatic heterocycles. The van der Waals surface area contributed by atoms with Crippen LogP contribution in [-0.4, -0.2) is 86.1 Å². The van der Waals surface area contributed by atoms with E-state index >= 15 is 0 Å². The fourth-order valence-corrected chi connectivity index (χ4v) is 0. The predicted molar refractivity (Wildman–Crippen MR) is 20.8 cm³/mol. The molecular formula is C2H2CsF3O2. The number of rotatable bonds is 0. The van der Waals surface area contributed by atoms with Crippen LogP contribution in [0.15, 0.2) is 0 Å². The van der Waals surface area contributed by atoms with Gasteiger partial charge in [0.15, 0.2) is 0 Å². The van der Waals surface area contributed by atoms with Gasteiger partial charge in [-0.25, -0.2) is 4.79 Å². The Kier molecular flexibility index (Phi) is 6.29. The van der Waals surface area contributed by atoms with Gasteiger partial charge in [-0.15, -0.1) is 0 Å². The van der Waals surface area contributed by atoms with Gasteiger partial charge in [-0.1, -0.05) is 0 Å². The maximum atomic E-state index is 10.6. The number of hydrogen-bond donors (Lipinski definition) is 1. The van der Waals surface area contributed by atoms with Crippen LogP contribution in [-0.2, 0) is 4.79 Å². The van der Waals surface area contributed by atoms with Gasteiger partial charge in [-0.05, 0) is 0 Å². The van der Waals surface area contributed by atoms with Crippen LogP contribution in [0.5, 0.6) is 0 Å². The summed E-state index contributed by atoms with van der Waals surface area (Å²) in [6.45, 7) is 0. The monoisotopic (exact) mass is 248 g/mol. The van der Waals surface area contributed by atoms with E-state index in [2.05, 4.69) is 0 Å². The Hall–Kier alpha value is 1.31. The second kappa shape index (κ2) is 4.18. The van der Waals surface area contributed by atoms with Crippen molar-refractivity contribution in [3.05, 3.63) is 0 Å². The van der Waals surface area contributed by atoms with Crippen molar-refractivity contribution in [1.82, 2.24) is 0 Å². The third-order valence-electron chi connectivity index (χ3n) is 0.243. The number of alkyl halides is 3. The van der Waals surface area contributed by atoms with E-state index in [4.69, 9.17) is 9.90 Å². The van der Waals surface area contributed by atoms with Crippen molar-refractivity contribution in [2.24, 2.45) is 0 Å². The predicted octanol–water partition coefficient (Wildman–Crippen LogP) is -0.0152. The molecule has 0 aromatic carbocycles. The number of carboxylic acid groups (broad SMARTS) is 1. The first-order chi connectivity index (χ1) is 2.94. The molecule has 44 valence electrons. The van der Waals surface area contributed by atoms with Gasteiger partial charge in [0.05, 0.1) is 0 Å². The zero-order valence-corrected chi connectivity index (χ0v) is 2.99. The Labute approximate surface area is 102 Å². The van der Waals surface area contributed by atoms with E-state index in [1.165, 1.54) is 0 Å². The number of hydrogen-bond acceptors (Lipinski definition) is 1. The van der Waals surface area contributed by atoms with E-state index in [-0.39, 0.29) is 68.9 Å². The Bertz CT molecular complexity index is 87.8. The van der Waals surface area contributed by atoms with Crippen LogP contribution in [0.25, 0.3) is 0 Å². The fourth-order valence-electron chi connectivity index (χ4n) is 0. The van der Waals surface area contributed by atoms with Gasteiger partial charge in [0, 0.05) is 0 Å². The van der Waals surface area contributed by atoms with Gasteiger partial charge >= 0.3 is 81.0 Å². The van der Waals surface area contributed by atoms with Crippen LogP contribution >= 0.6 is 0 Å². The molecule has 0 radical (unpaired) electrons. The Morgan fingerprint density at radius 2 is 1.50 bits per heavy atom. The van der Waals surface area contributed by atoms with Crippen molar-refractivity contribution in [2.45, 2.75) is 6.18 Å². The quantitative estimate of drug-likeness (QED) is 0.654. The van der Waals surface area contributed by atoms with Crippen LogP contribution in [0.1, 0.15) is 0 Å². The van der Waals surface area contributed by atoms with Gasteiger partial charge in [0.2, 0.25) is 0 Å². The van der Waals surface area contributed by atoms with Gasteiger partial charge in [0.1, 0.15) is 0 Å². The van der Waals surface area contributed by atoms with Crippen molar-refractivity contribution in [1.29, 1.82) is 0 Å². The molecule has 0 aromatic heterocycles. The van der Waals surface area contributed by atoms with Crippen LogP contribution in [0, 0.1) is 0 Å². The summed E-state index contributed by atoms with van der Waals surface area (Å²) in [6.07, 6.45) is -5.08. The van der Waals surface area contributed by atoms with E-state index in [1.54, 1.807) is 0 Å². The normalized spacial score (nSPS) is 9.88. The molecule has 8 heavy (non-hydrogen) atoms. The standard InChI is InChI=1S/C2HF3O2.Cs.H/c3-2(4,5)1(6)7;;/h(H,6,7);;. The zero-order chi connectivity index (χ0) is 6.08. The molecule has 0 amide bonds. The Morgan fingerprint density at radius 1 is 1.38 bits per heavy atom. The second-order valence-corrected chi connectivity index (χ2v) is 0.803. The van der Waals surface area contributed by atoms with Crippen LogP contribution in [0.2, 0.25) is 0 Å². The molecule has 0 saturated carbocycles. The molecule has 0 unspecified atom stereocenters. The summed E-state index contributed by atoms with van der Waals surface area (Å²) in [6, 6.07) is 0. The van der Waals surface area contributed by atoms with Crippen molar-refractivity contribution >= 4 is 74.9 Å². The maximum absolute atomic E-state index is 10.6. The summed E-state index contributed by atoms with van der Waals surface area (Å²) in [5, 5.41) is 7.12. The molecule has 0 atom stereocenters. The Morgan fingerprint density at radius 3 is 1.50 bits per heavy atom. The van der Waals surface area contributed by atoms with Crippen molar-refractivity contribution in [3.8, 4) is 0 Å². The van der Waals surface area contributed by atoms with Crippen LogP contribution < -0.4 is 0 Å². The third-order valence-corrected chi connectivity index (χ3v) is 0.243. The molecule has 1 N–H and O–H groups in total. The summed E-state index contributed by atoms with van der Waals surface area (Å²) in [4.78, 5) is 8.90. The Balaban J connectivity index is 0. The summed E-state index contributed by atoms with van der Waals surface area (Å²) >= 11 is 0. The average Bonchev–Trinajstić information content (AvgIpc) is 1.31. The van der Waals surface area contributed by atoms with E-state index in [0.717, 1.165) is 0 Å². The topological polar surface area (TPSA) is 37.3 Å². The third kappa shape index (κ3) is 5.45. The molecule has 0 heterocycles. The first kappa shape index (κ1) is 12.0.